The third kappa shape index (κ3) is 5.04. The number of benzene rings is 9. The number of fused-ring (bicyclic) bond motifs is 9. The molecule has 2 aliphatic carbocycles. The first-order valence-corrected chi connectivity index (χ1v) is 21.7. The van der Waals surface area contributed by atoms with Gasteiger partial charge in [-0.2, -0.15) is 0 Å². The van der Waals surface area contributed by atoms with Gasteiger partial charge in [-0.3, -0.25) is 0 Å². The smallest absolute Gasteiger partial charge is 0.0468 e. The van der Waals surface area contributed by atoms with Crippen molar-refractivity contribution < 1.29 is 0 Å². The van der Waals surface area contributed by atoms with Crippen LogP contribution in [0.4, 0.5) is 17.1 Å². The van der Waals surface area contributed by atoms with Gasteiger partial charge in [-0.25, -0.2) is 0 Å². The fraction of sp³-hybridized carbons (Fsp3) is 0.0690. The van der Waals surface area contributed by atoms with Gasteiger partial charge in [0.25, 0.3) is 0 Å². The van der Waals surface area contributed by atoms with Crippen molar-refractivity contribution in [2.45, 2.75) is 24.7 Å². The molecule has 0 saturated heterocycles. The van der Waals surface area contributed by atoms with Crippen molar-refractivity contribution in [3.05, 3.63) is 246 Å². The zero-order valence-electron chi connectivity index (χ0n) is 33.6. The Balaban J connectivity index is 1.06. The van der Waals surface area contributed by atoms with E-state index in [-0.39, 0.29) is 10.8 Å². The van der Waals surface area contributed by atoms with Crippen LogP contribution in [0.3, 0.4) is 0 Å². The Bertz CT molecular complexity index is 3160. The lowest BCUT2D eigenvalue weighted by Crippen LogP contribution is -2.22. The standard InChI is InChI=1S/C58H41NS/c1-57(40-17-5-3-6-18-40)51-25-12-9-22-45(51)49-36-43(29-32-53(49)57)59(42-21-15-16-38(34-42)39-28-31-48-47-24-11-14-27-55(47)60-56(48)35-39)44-30-33-54-50(37-44)46-23-10-13-26-52(46)58(54,2)41-19-7-4-8-20-41/h3-37H,1-2H3. The Morgan fingerprint density at radius 2 is 0.817 bits per heavy atom. The Labute approximate surface area is 355 Å². The molecule has 0 bridgehead atoms. The second-order valence-corrected chi connectivity index (χ2v) is 17.8. The first kappa shape index (κ1) is 35.0. The number of thiophene rings is 1. The van der Waals surface area contributed by atoms with E-state index in [2.05, 4.69) is 231 Å². The minimum Gasteiger partial charge on any atom is -0.310 e. The zero-order valence-corrected chi connectivity index (χ0v) is 34.4. The lowest BCUT2D eigenvalue weighted by atomic mass is 9.74. The molecule has 10 aromatic rings. The monoisotopic (exact) mass is 783 g/mol. The second-order valence-electron chi connectivity index (χ2n) is 16.7. The van der Waals surface area contributed by atoms with Crippen molar-refractivity contribution in [3.63, 3.8) is 0 Å². The van der Waals surface area contributed by atoms with Gasteiger partial charge in [-0.1, -0.05) is 164 Å². The van der Waals surface area contributed by atoms with Crippen LogP contribution in [0.25, 0.3) is 53.6 Å². The van der Waals surface area contributed by atoms with Crippen LogP contribution in [-0.4, -0.2) is 0 Å². The van der Waals surface area contributed by atoms with Gasteiger partial charge in [0.05, 0.1) is 0 Å². The SMILES string of the molecule is CC1(c2ccccc2)c2ccccc2-c2cc(N(c3cccc(-c4ccc5c(c4)sc4ccccc45)c3)c3ccc4c(c3)-c3ccccc3C4(C)c3ccccc3)ccc21. The molecule has 9 aromatic carbocycles. The zero-order chi connectivity index (χ0) is 40.0. The third-order valence-corrected chi connectivity index (χ3v) is 14.8. The molecule has 2 unspecified atom stereocenters. The molecular formula is C58H41NS. The number of anilines is 3. The average Bonchev–Trinajstić information content (AvgIpc) is 3.91. The molecule has 1 aromatic heterocycles. The average molecular weight is 784 g/mol. The van der Waals surface area contributed by atoms with Crippen LogP contribution in [0, 0.1) is 0 Å². The molecule has 2 heteroatoms. The largest absolute Gasteiger partial charge is 0.310 e. The Hall–Kier alpha value is -7.00. The predicted octanol–water partition coefficient (Wildman–Crippen LogP) is 15.9. The Morgan fingerprint density at radius 3 is 1.43 bits per heavy atom. The van der Waals surface area contributed by atoms with Crippen LogP contribution in [0.2, 0.25) is 0 Å². The van der Waals surface area contributed by atoms with E-state index in [0.29, 0.717) is 0 Å². The molecule has 0 aliphatic heterocycles. The summed E-state index contributed by atoms with van der Waals surface area (Å²) < 4.78 is 2.64. The van der Waals surface area contributed by atoms with Crippen LogP contribution >= 0.6 is 11.3 Å². The summed E-state index contributed by atoms with van der Waals surface area (Å²) in [5, 5.41) is 2.64. The Morgan fingerprint density at radius 1 is 0.333 bits per heavy atom. The van der Waals surface area contributed by atoms with Crippen molar-refractivity contribution in [3.8, 4) is 33.4 Å². The van der Waals surface area contributed by atoms with Crippen molar-refractivity contribution in [2.75, 3.05) is 4.90 Å². The van der Waals surface area contributed by atoms with E-state index in [4.69, 9.17) is 0 Å². The van der Waals surface area contributed by atoms with E-state index in [1.807, 2.05) is 11.3 Å². The number of nitrogens with zero attached hydrogens (tertiary/aromatic N) is 1. The third-order valence-electron chi connectivity index (χ3n) is 13.6. The van der Waals surface area contributed by atoms with Gasteiger partial charge in [0.15, 0.2) is 0 Å². The van der Waals surface area contributed by atoms with Crippen LogP contribution in [-0.2, 0) is 10.8 Å². The molecule has 2 aliphatic rings. The summed E-state index contributed by atoms with van der Waals surface area (Å²) in [6.07, 6.45) is 0. The van der Waals surface area contributed by atoms with E-state index in [0.717, 1.165) is 17.1 Å². The van der Waals surface area contributed by atoms with Gasteiger partial charge < -0.3 is 4.90 Å². The second kappa shape index (κ2) is 13.3. The molecule has 0 radical (unpaired) electrons. The number of rotatable bonds is 6. The fourth-order valence-corrected chi connectivity index (χ4v) is 11.7. The molecule has 0 saturated carbocycles. The molecule has 0 amide bonds. The number of hydrogen-bond acceptors (Lipinski definition) is 2. The van der Waals surface area contributed by atoms with E-state index in [1.54, 1.807) is 0 Å². The fourth-order valence-electron chi connectivity index (χ4n) is 10.6. The summed E-state index contributed by atoms with van der Waals surface area (Å²) in [6.45, 7) is 4.78. The highest BCUT2D eigenvalue weighted by molar-refractivity contribution is 7.25. The van der Waals surface area contributed by atoms with Crippen molar-refractivity contribution in [1.29, 1.82) is 0 Å². The minimum absolute atomic E-state index is 0.263. The molecule has 2 atom stereocenters. The summed E-state index contributed by atoms with van der Waals surface area (Å²) in [7, 11) is 0. The van der Waals surface area contributed by atoms with Crippen molar-refractivity contribution in [1.82, 2.24) is 0 Å². The molecule has 284 valence electrons. The highest BCUT2D eigenvalue weighted by Crippen LogP contribution is 2.56. The molecule has 60 heavy (non-hydrogen) atoms. The van der Waals surface area contributed by atoms with Crippen molar-refractivity contribution >= 4 is 48.6 Å². The molecule has 0 spiro atoms. The number of hydrogen-bond donors (Lipinski definition) is 0. The van der Waals surface area contributed by atoms with E-state index in [9.17, 15) is 0 Å². The Kier molecular flexibility index (Phi) is 7.73. The summed E-state index contributed by atoms with van der Waals surface area (Å²) >= 11 is 1.87. The highest BCUT2D eigenvalue weighted by Gasteiger charge is 2.42. The summed E-state index contributed by atoms with van der Waals surface area (Å²) in [6, 6.07) is 79.1. The van der Waals surface area contributed by atoms with Crippen LogP contribution < -0.4 is 4.90 Å². The maximum Gasteiger partial charge on any atom is 0.0468 e. The van der Waals surface area contributed by atoms with E-state index < -0.39 is 0 Å². The molecule has 1 heterocycles. The van der Waals surface area contributed by atoms with Crippen LogP contribution in [0.1, 0.15) is 47.2 Å². The van der Waals surface area contributed by atoms with Gasteiger partial charge in [0.1, 0.15) is 0 Å². The maximum atomic E-state index is 2.48. The maximum absolute atomic E-state index is 2.48. The summed E-state index contributed by atoms with van der Waals surface area (Å²) in [5.74, 6) is 0. The lowest BCUT2D eigenvalue weighted by molar-refractivity contribution is 0.714. The molecular weight excluding hydrogens is 743 g/mol. The van der Waals surface area contributed by atoms with E-state index >= 15 is 0 Å². The van der Waals surface area contributed by atoms with Gasteiger partial charge >= 0.3 is 0 Å². The van der Waals surface area contributed by atoms with Gasteiger partial charge in [-0.05, 0) is 129 Å². The molecule has 0 N–H and O–H groups in total. The van der Waals surface area contributed by atoms with Gasteiger partial charge in [-0.15, -0.1) is 11.3 Å². The first-order valence-electron chi connectivity index (χ1n) is 20.9. The molecule has 12 rings (SSSR count). The topological polar surface area (TPSA) is 3.24 Å². The summed E-state index contributed by atoms with van der Waals surface area (Å²) in [4.78, 5) is 2.48. The highest BCUT2D eigenvalue weighted by atomic mass is 32.1. The van der Waals surface area contributed by atoms with Crippen LogP contribution in [0.5, 0.6) is 0 Å². The molecule has 1 nitrogen and oxygen atoms in total. The van der Waals surface area contributed by atoms with Gasteiger partial charge in [0, 0.05) is 48.1 Å². The minimum atomic E-state index is -0.263. The predicted molar refractivity (Wildman–Crippen MR) is 254 cm³/mol. The van der Waals surface area contributed by atoms with E-state index in [1.165, 1.54) is 86.9 Å². The van der Waals surface area contributed by atoms with Crippen molar-refractivity contribution in [2.24, 2.45) is 0 Å². The van der Waals surface area contributed by atoms with Gasteiger partial charge in [0.2, 0.25) is 0 Å². The first-order chi connectivity index (χ1) is 29.5. The molecule has 0 fully saturated rings. The normalized spacial score (nSPS) is 17.3. The summed E-state index contributed by atoms with van der Waals surface area (Å²) in [5.41, 5.74) is 18.4. The van der Waals surface area contributed by atoms with Crippen LogP contribution in [0.15, 0.2) is 212 Å². The lowest BCUT2D eigenvalue weighted by Gasteiger charge is -2.31. The quantitative estimate of drug-likeness (QED) is 0.162.